The second-order valence-corrected chi connectivity index (χ2v) is 4.58. The van der Waals surface area contributed by atoms with Crippen molar-refractivity contribution < 1.29 is 9.59 Å². The van der Waals surface area contributed by atoms with Crippen LogP contribution in [0.4, 0.5) is 5.69 Å². The Morgan fingerprint density at radius 2 is 2.06 bits per heavy atom. The van der Waals surface area contributed by atoms with Gasteiger partial charge in [-0.05, 0) is 6.42 Å². The largest absolute Gasteiger partial charge is 0.355 e. The van der Waals surface area contributed by atoms with Gasteiger partial charge in [-0.15, -0.1) is 0 Å². The van der Waals surface area contributed by atoms with Gasteiger partial charge in [0.15, 0.2) is 10.3 Å². The molecule has 1 unspecified atom stereocenters. The minimum absolute atomic E-state index is 0.0434. The molecule has 2 N–H and O–H groups in total. The number of carbonyl (C=O) groups is 2. The van der Waals surface area contributed by atoms with Crippen molar-refractivity contribution >= 4 is 40.7 Å². The second kappa shape index (κ2) is 5.49. The SMILES string of the molecule is O=C1CCC(C(=O)Nc2c(Cl)ncnc2Cl)CN1. The van der Waals surface area contributed by atoms with Crippen molar-refractivity contribution in [2.24, 2.45) is 5.92 Å². The summed E-state index contributed by atoms with van der Waals surface area (Å²) in [6.45, 7) is 0.313. The van der Waals surface area contributed by atoms with Gasteiger partial charge in [-0.1, -0.05) is 23.2 Å². The van der Waals surface area contributed by atoms with Crippen molar-refractivity contribution in [1.29, 1.82) is 0 Å². The summed E-state index contributed by atoms with van der Waals surface area (Å²) in [6.07, 6.45) is 2.05. The zero-order valence-electron chi connectivity index (χ0n) is 9.24. The number of piperidine rings is 1. The van der Waals surface area contributed by atoms with Crippen LogP contribution in [0.15, 0.2) is 6.33 Å². The van der Waals surface area contributed by atoms with Gasteiger partial charge >= 0.3 is 0 Å². The Labute approximate surface area is 113 Å². The van der Waals surface area contributed by atoms with Crippen LogP contribution in [-0.2, 0) is 9.59 Å². The normalized spacial score (nSPS) is 19.2. The summed E-state index contributed by atoms with van der Waals surface area (Å²) in [4.78, 5) is 30.4. The molecule has 18 heavy (non-hydrogen) atoms. The van der Waals surface area contributed by atoms with Crippen molar-refractivity contribution in [2.45, 2.75) is 12.8 Å². The maximum atomic E-state index is 11.9. The maximum absolute atomic E-state index is 11.9. The van der Waals surface area contributed by atoms with Gasteiger partial charge in [0.25, 0.3) is 0 Å². The van der Waals surface area contributed by atoms with E-state index in [9.17, 15) is 9.59 Å². The average molecular weight is 289 g/mol. The summed E-state index contributed by atoms with van der Waals surface area (Å²) in [7, 11) is 0. The average Bonchev–Trinajstić information content (AvgIpc) is 2.34. The Hall–Kier alpha value is -1.40. The predicted molar refractivity (Wildman–Crippen MR) is 66.4 cm³/mol. The molecule has 0 radical (unpaired) electrons. The number of rotatable bonds is 2. The van der Waals surface area contributed by atoms with Crippen molar-refractivity contribution in [1.82, 2.24) is 15.3 Å². The van der Waals surface area contributed by atoms with Crippen LogP contribution in [0.25, 0.3) is 0 Å². The van der Waals surface area contributed by atoms with Crippen molar-refractivity contribution in [3.63, 3.8) is 0 Å². The lowest BCUT2D eigenvalue weighted by atomic mass is 9.98. The van der Waals surface area contributed by atoms with Crippen LogP contribution in [-0.4, -0.2) is 28.3 Å². The van der Waals surface area contributed by atoms with E-state index in [-0.39, 0.29) is 33.7 Å². The number of carbonyl (C=O) groups excluding carboxylic acids is 2. The lowest BCUT2D eigenvalue weighted by Crippen LogP contribution is -2.40. The van der Waals surface area contributed by atoms with Crippen LogP contribution in [0.1, 0.15) is 12.8 Å². The maximum Gasteiger partial charge on any atom is 0.229 e. The van der Waals surface area contributed by atoms with Crippen LogP contribution < -0.4 is 10.6 Å². The first-order valence-electron chi connectivity index (χ1n) is 5.31. The van der Waals surface area contributed by atoms with E-state index in [1.807, 2.05) is 0 Å². The Morgan fingerprint density at radius 1 is 1.39 bits per heavy atom. The smallest absolute Gasteiger partial charge is 0.229 e. The van der Waals surface area contributed by atoms with Gasteiger partial charge in [0.05, 0.1) is 5.92 Å². The van der Waals surface area contributed by atoms with E-state index in [1.165, 1.54) is 6.33 Å². The molecular formula is C10H10Cl2N4O2. The molecule has 1 aliphatic rings. The van der Waals surface area contributed by atoms with Gasteiger partial charge in [-0.3, -0.25) is 9.59 Å². The van der Waals surface area contributed by atoms with E-state index in [0.717, 1.165) is 0 Å². The molecule has 8 heteroatoms. The van der Waals surface area contributed by atoms with E-state index in [2.05, 4.69) is 20.6 Å². The highest BCUT2D eigenvalue weighted by molar-refractivity contribution is 6.38. The summed E-state index contributed by atoms with van der Waals surface area (Å²) in [6, 6.07) is 0. The fourth-order valence-electron chi connectivity index (χ4n) is 1.63. The number of anilines is 1. The zero-order valence-corrected chi connectivity index (χ0v) is 10.8. The molecule has 1 saturated heterocycles. The molecule has 0 aliphatic carbocycles. The third-order valence-electron chi connectivity index (χ3n) is 2.64. The van der Waals surface area contributed by atoms with Crippen LogP contribution in [0.3, 0.4) is 0 Å². The second-order valence-electron chi connectivity index (χ2n) is 3.86. The van der Waals surface area contributed by atoms with E-state index in [1.54, 1.807) is 0 Å². The van der Waals surface area contributed by atoms with Gasteiger partial charge in [-0.25, -0.2) is 9.97 Å². The fourth-order valence-corrected chi connectivity index (χ4v) is 2.04. The monoisotopic (exact) mass is 288 g/mol. The number of halogens is 2. The van der Waals surface area contributed by atoms with Gasteiger partial charge in [0, 0.05) is 13.0 Å². The summed E-state index contributed by atoms with van der Waals surface area (Å²) in [5.41, 5.74) is 0.197. The molecule has 0 saturated carbocycles. The first-order valence-corrected chi connectivity index (χ1v) is 6.07. The molecule has 0 bridgehead atoms. The molecule has 2 rings (SSSR count). The minimum Gasteiger partial charge on any atom is -0.355 e. The lowest BCUT2D eigenvalue weighted by molar-refractivity contribution is -0.126. The first-order chi connectivity index (χ1) is 8.58. The molecule has 96 valence electrons. The Balaban J connectivity index is 2.05. The highest BCUT2D eigenvalue weighted by atomic mass is 35.5. The van der Waals surface area contributed by atoms with E-state index >= 15 is 0 Å². The van der Waals surface area contributed by atoms with Gasteiger partial charge in [0.1, 0.15) is 12.0 Å². The highest BCUT2D eigenvalue weighted by Crippen LogP contribution is 2.26. The molecule has 1 atom stereocenters. The summed E-state index contributed by atoms with van der Waals surface area (Å²) in [5, 5.41) is 5.39. The third kappa shape index (κ3) is 2.88. The molecule has 0 aromatic carbocycles. The first kappa shape index (κ1) is 13.0. The van der Waals surface area contributed by atoms with Crippen LogP contribution >= 0.6 is 23.2 Å². The molecule has 1 aliphatic heterocycles. The zero-order chi connectivity index (χ0) is 13.1. The molecular weight excluding hydrogens is 279 g/mol. The quantitative estimate of drug-likeness (QED) is 0.802. The molecule has 2 amide bonds. The van der Waals surface area contributed by atoms with Crippen LogP contribution in [0.5, 0.6) is 0 Å². The summed E-state index contributed by atoms with van der Waals surface area (Å²) < 4.78 is 0. The fraction of sp³-hybridized carbons (Fsp3) is 0.400. The van der Waals surface area contributed by atoms with E-state index in [4.69, 9.17) is 23.2 Å². The Morgan fingerprint density at radius 3 is 2.61 bits per heavy atom. The van der Waals surface area contributed by atoms with E-state index < -0.39 is 0 Å². The number of amides is 2. The number of hydrogen-bond acceptors (Lipinski definition) is 4. The van der Waals surface area contributed by atoms with E-state index in [0.29, 0.717) is 19.4 Å². The topological polar surface area (TPSA) is 84.0 Å². The Bertz CT molecular complexity index is 465. The highest BCUT2D eigenvalue weighted by Gasteiger charge is 2.25. The number of nitrogens with one attached hydrogen (secondary N) is 2. The standard InChI is InChI=1S/C10H10Cl2N4O2/c11-8-7(9(12)15-4-14-8)16-10(18)5-1-2-6(17)13-3-5/h4-5H,1-3H2,(H,13,17)(H,16,18). The summed E-state index contributed by atoms with van der Waals surface area (Å²) >= 11 is 11.6. The minimum atomic E-state index is -0.296. The van der Waals surface area contributed by atoms with Crippen molar-refractivity contribution in [3.8, 4) is 0 Å². The van der Waals surface area contributed by atoms with Gasteiger partial charge in [-0.2, -0.15) is 0 Å². The molecule has 0 spiro atoms. The third-order valence-corrected chi connectivity index (χ3v) is 3.21. The number of nitrogens with zero attached hydrogens (tertiary/aromatic N) is 2. The molecule has 6 nitrogen and oxygen atoms in total. The molecule has 1 aromatic heterocycles. The van der Waals surface area contributed by atoms with Crippen LogP contribution in [0, 0.1) is 5.92 Å². The molecule has 1 aromatic rings. The predicted octanol–water partition coefficient (Wildman–Crippen LogP) is 1.25. The number of hydrogen-bond donors (Lipinski definition) is 2. The molecule has 2 heterocycles. The van der Waals surface area contributed by atoms with Gasteiger partial charge < -0.3 is 10.6 Å². The number of aromatic nitrogens is 2. The lowest BCUT2D eigenvalue weighted by Gasteiger charge is -2.21. The molecule has 1 fully saturated rings. The summed E-state index contributed by atoms with van der Waals surface area (Å²) in [5.74, 6) is -0.596. The van der Waals surface area contributed by atoms with Gasteiger partial charge in [0.2, 0.25) is 11.8 Å². The van der Waals surface area contributed by atoms with Crippen LogP contribution in [0.2, 0.25) is 10.3 Å². The van der Waals surface area contributed by atoms with Crippen molar-refractivity contribution in [3.05, 3.63) is 16.6 Å². The Kier molecular flexibility index (Phi) is 3.98. The van der Waals surface area contributed by atoms with Crippen molar-refractivity contribution in [2.75, 3.05) is 11.9 Å².